The van der Waals surface area contributed by atoms with Crippen molar-refractivity contribution in [1.29, 1.82) is 0 Å². The Kier molecular flexibility index (Phi) is 2.47. The standard InChI is InChI=1S/C9H14N2/c1-7(2)9-10-6-4-5-8(3)11-9/h4-5,7H,3,6H2,1-2H3,(H,10,11). The Morgan fingerprint density at radius 1 is 1.64 bits per heavy atom. The SMILES string of the molecule is C=C1C=CCN=C(C(C)C)N1. The van der Waals surface area contributed by atoms with Crippen molar-refractivity contribution in [1.82, 2.24) is 5.32 Å². The van der Waals surface area contributed by atoms with Gasteiger partial charge < -0.3 is 5.32 Å². The van der Waals surface area contributed by atoms with Gasteiger partial charge in [0.25, 0.3) is 0 Å². The van der Waals surface area contributed by atoms with E-state index in [1.54, 1.807) is 0 Å². The highest BCUT2D eigenvalue weighted by Gasteiger charge is 2.05. The minimum Gasteiger partial charge on any atom is -0.344 e. The number of amidine groups is 1. The molecule has 0 unspecified atom stereocenters. The lowest BCUT2D eigenvalue weighted by Gasteiger charge is -2.10. The molecule has 1 N–H and O–H groups in total. The van der Waals surface area contributed by atoms with Crippen LogP contribution < -0.4 is 5.32 Å². The van der Waals surface area contributed by atoms with E-state index >= 15 is 0 Å². The summed E-state index contributed by atoms with van der Waals surface area (Å²) in [6, 6.07) is 0. The first-order chi connectivity index (χ1) is 5.20. The third kappa shape index (κ3) is 2.22. The molecule has 11 heavy (non-hydrogen) atoms. The van der Waals surface area contributed by atoms with E-state index in [0.29, 0.717) is 5.92 Å². The lowest BCUT2D eigenvalue weighted by Crippen LogP contribution is -2.25. The van der Waals surface area contributed by atoms with Crippen LogP contribution in [0.4, 0.5) is 0 Å². The number of hydrogen-bond donors (Lipinski definition) is 1. The van der Waals surface area contributed by atoms with E-state index in [1.165, 1.54) is 0 Å². The maximum absolute atomic E-state index is 4.33. The molecule has 0 amide bonds. The Morgan fingerprint density at radius 3 is 3.00 bits per heavy atom. The highest BCUT2D eigenvalue weighted by Crippen LogP contribution is 2.01. The largest absolute Gasteiger partial charge is 0.344 e. The van der Waals surface area contributed by atoms with Gasteiger partial charge in [0.1, 0.15) is 5.84 Å². The van der Waals surface area contributed by atoms with Crippen molar-refractivity contribution in [3.63, 3.8) is 0 Å². The van der Waals surface area contributed by atoms with Crippen LogP contribution in [0.3, 0.4) is 0 Å². The Balaban J connectivity index is 2.69. The van der Waals surface area contributed by atoms with E-state index in [9.17, 15) is 0 Å². The van der Waals surface area contributed by atoms with Crippen molar-refractivity contribution in [2.75, 3.05) is 6.54 Å². The second kappa shape index (κ2) is 3.37. The smallest absolute Gasteiger partial charge is 0.104 e. The van der Waals surface area contributed by atoms with Crippen molar-refractivity contribution in [3.05, 3.63) is 24.4 Å². The fourth-order valence-electron chi connectivity index (χ4n) is 0.919. The summed E-state index contributed by atoms with van der Waals surface area (Å²) in [4.78, 5) is 4.33. The normalized spacial score (nSPS) is 17.7. The van der Waals surface area contributed by atoms with Crippen molar-refractivity contribution in [2.45, 2.75) is 13.8 Å². The van der Waals surface area contributed by atoms with Gasteiger partial charge in [-0.2, -0.15) is 0 Å². The third-order valence-corrected chi connectivity index (χ3v) is 1.52. The number of allylic oxidation sites excluding steroid dienone is 1. The minimum atomic E-state index is 0.451. The predicted octanol–water partition coefficient (Wildman–Crippen LogP) is 1.71. The molecule has 0 saturated carbocycles. The first kappa shape index (κ1) is 8.05. The fraction of sp³-hybridized carbons (Fsp3) is 0.444. The molecule has 0 aromatic rings. The van der Waals surface area contributed by atoms with Crippen LogP contribution in [-0.4, -0.2) is 12.4 Å². The van der Waals surface area contributed by atoms with Gasteiger partial charge >= 0.3 is 0 Å². The Labute approximate surface area is 67.7 Å². The summed E-state index contributed by atoms with van der Waals surface area (Å²) in [5.41, 5.74) is 0.926. The van der Waals surface area contributed by atoms with Gasteiger partial charge in [-0.15, -0.1) is 0 Å². The van der Waals surface area contributed by atoms with E-state index in [4.69, 9.17) is 0 Å². The number of hydrogen-bond acceptors (Lipinski definition) is 2. The van der Waals surface area contributed by atoms with Crippen molar-refractivity contribution < 1.29 is 0 Å². The van der Waals surface area contributed by atoms with E-state index in [2.05, 4.69) is 30.7 Å². The topological polar surface area (TPSA) is 24.4 Å². The predicted molar refractivity (Wildman–Crippen MR) is 48.6 cm³/mol. The average molecular weight is 150 g/mol. The molecule has 1 heterocycles. The summed E-state index contributed by atoms with van der Waals surface area (Å²) in [6.45, 7) is 8.82. The first-order valence-electron chi connectivity index (χ1n) is 3.87. The Bertz CT molecular complexity index is 212. The number of rotatable bonds is 1. The molecule has 60 valence electrons. The van der Waals surface area contributed by atoms with E-state index in [0.717, 1.165) is 18.1 Å². The van der Waals surface area contributed by atoms with Crippen molar-refractivity contribution in [2.24, 2.45) is 10.9 Å². The van der Waals surface area contributed by atoms with Crippen LogP contribution in [0.25, 0.3) is 0 Å². The van der Waals surface area contributed by atoms with Gasteiger partial charge in [0.05, 0.1) is 6.54 Å². The molecule has 0 aromatic heterocycles. The molecule has 1 aliphatic heterocycles. The molecule has 0 radical (unpaired) electrons. The minimum absolute atomic E-state index is 0.451. The summed E-state index contributed by atoms with van der Waals surface area (Å²) in [6.07, 6.45) is 3.96. The van der Waals surface area contributed by atoms with Gasteiger partial charge in [-0.05, 0) is 6.08 Å². The molecular weight excluding hydrogens is 136 g/mol. The molecule has 1 rings (SSSR count). The van der Waals surface area contributed by atoms with Crippen LogP contribution >= 0.6 is 0 Å². The molecule has 1 aliphatic rings. The zero-order chi connectivity index (χ0) is 8.27. The van der Waals surface area contributed by atoms with E-state index in [1.807, 2.05) is 12.2 Å². The van der Waals surface area contributed by atoms with Crippen LogP contribution in [0.5, 0.6) is 0 Å². The summed E-state index contributed by atoms with van der Waals surface area (Å²) in [7, 11) is 0. The number of nitrogens with zero attached hydrogens (tertiary/aromatic N) is 1. The zero-order valence-electron chi connectivity index (χ0n) is 7.09. The quantitative estimate of drug-likeness (QED) is 0.604. The molecule has 0 aliphatic carbocycles. The van der Waals surface area contributed by atoms with Gasteiger partial charge in [0.2, 0.25) is 0 Å². The first-order valence-corrected chi connectivity index (χ1v) is 3.87. The molecule has 2 heteroatoms. The Hall–Kier alpha value is -1.05. The zero-order valence-corrected chi connectivity index (χ0v) is 7.09. The summed E-state index contributed by atoms with van der Waals surface area (Å²) < 4.78 is 0. The van der Waals surface area contributed by atoms with Gasteiger partial charge in [0, 0.05) is 11.6 Å². The van der Waals surface area contributed by atoms with Crippen molar-refractivity contribution in [3.8, 4) is 0 Å². The second-order valence-corrected chi connectivity index (χ2v) is 2.93. The van der Waals surface area contributed by atoms with Gasteiger partial charge in [-0.1, -0.05) is 26.5 Å². The fourth-order valence-corrected chi connectivity index (χ4v) is 0.919. The van der Waals surface area contributed by atoms with Gasteiger partial charge in [-0.3, -0.25) is 4.99 Å². The summed E-state index contributed by atoms with van der Waals surface area (Å²) >= 11 is 0. The van der Waals surface area contributed by atoms with Crippen molar-refractivity contribution >= 4 is 5.84 Å². The van der Waals surface area contributed by atoms with Gasteiger partial charge in [0.15, 0.2) is 0 Å². The van der Waals surface area contributed by atoms with E-state index in [-0.39, 0.29) is 0 Å². The van der Waals surface area contributed by atoms with Crippen LogP contribution in [0.15, 0.2) is 29.4 Å². The molecule has 2 nitrogen and oxygen atoms in total. The average Bonchev–Trinajstić information content (AvgIpc) is 2.13. The number of nitrogens with one attached hydrogen (secondary N) is 1. The number of aliphatic imine (C=N–C) groups is 1. The molecule has 0 aromatic carbocycles. The van der Waals surface area contributed by atoms with Crippen LogP contribution in [0.2, 0.25) is 0 Å². The van der Waals surface area contributed by atoms with Crippen LogP contribution in [0, 0.1) is 5.92 Å². The maximum Gasteiger partial charge on any atom is 0.104 e. The lowest BCUT2D eigenvalue weighted by atomic mass is 10.2. The summed E-state index contributed by atoms with van der Waals surface area (Å²) in [5, 5.41) is 3.15. The molecule has 0 fully saturated rings. The maximum atomic E-state index is 4.33. The monoisotopic (exact) mass is 150 g/mol. The van der Waals surface area contributed by atoms with Crippen LogP contribution in [-0.2, 0) is 0 Å². The van der Waals surface area contributed by atoms with Crippen LogP contribution in [0.1, 0.15) is 13.8 Å². The summed E-state index contributed by atoms with van der Waals surface area (Å²) in [5.74, 6) is 1.48. The third-order valence-electron chi connectivity index (χ3n) is 1.52. The molecule has 0 bridgehead atoms. The lowest BCUT2D eigenvalue weighted by molar-refractivity contribution is 0.837. The van der Waals surface area contributed by atoms with E-state index < -0.39 is 0 Å². The van der Waals surface area contributed by atoms with Gasteiger partial charge in [-0.25, -0.2) is 0 Å². The second-order valence-electron chi connectivity index (χ2n) is 2.93. The Morgan fingerprint density at radius 2 is 2.36 bits per heavy atom. The molecular formula is C9H14N2. The molecule has 0 atom stereocenters. The highest BCUT2D eigenvalue weighted by molar-refractivity contribution is 5.86. The molecule has 0 saturated heterocycles. The molecule has 0 spiro atoms. The highest BCUT2D eigenvalue weighted by atomic mass is 15.0.